The number of alkyl halides is 6. The molecule has 6 aromatic rings. The summed E-state index contributed by atoms with van der Waals surface area (Å²) in [6.07, 6.45) is -4.61. The SMILES string of the molecule is FC(F)(F)c1ccc(-c2cc3sc(/C=C/c4cc5sc(-c6ccc(C(F)(F)F)cc6)cc5s4)cc3s2)cc1. The van der Waals surface area contributed by atoms with E-state index in [1.165, 1.54) is 24.3 Å². The predicted octanol–water partition coefficient (Wildman–Crippen LogP) is 11.8. The van der Waals surface area contributed by atoms with Crippen molar-refractivity contribution in [3.05, 3.63) is 93.7 Å². The van der Waals surface area contributed by atoms with Gasteiger partial charge in [0, 0.05) is 38.3 Å². The molecule has 4 heterocycles. The van der Waals surface area contributed by atoms with E-state index in [-0.39, 0.29) is 0 Å². The van der Waals surface area contributed by atoms with E-state index in [1.807, 2.05) is 24.3 Å². The first kappa shape index (κ1) is 25.4. The van der Waals surface area contributed by atoms with Gasteiger partial charge in [0.15, 0.2) is 0 Å². The van der Waals surface area contributed by atoms with Crippen molar-refractivity contribution in [3.63, 3.8) is 0 Å². The number of thiophene rings is 4. The van der Waals surface area contributed by atoms with Gasteiger partial charge < -0.3 is 0 Å². The molecule has 0 atom stereocenters. The van der Waals surface area contributed by atoms with Crippen molar-refractivity contribution in [2.45, 2.75) is 12.4 Å². The van der Waals surface area contributed by atoms with E-state index in [1.54, 1.807) is 45.3 Å². The summed E-state index contributed by atoms with van der Waals surface area (Å²) in [5.41, 5.74) is 0.211. The Labute approximate surface area is 228 Å². The van der Waals surface area contributed by atoms with Crippen LogP contribution in [0.4, 0.5) is 26.3 Å². The van der Waals surface area contributed by atoms with Crippen LogP contribution in [0.2, 0.25) is 0 Å². The first-order valence-corrected chi connectivity index (χ1v) is 14.4. The van der Waals surface area contributed by atoms with Crippen LogP contribution in [0.1, 0.15) is 20.9 Å². The van der Waals surface area contributed by atoms with E-state index in [9.17, 15) is 26.3 Å². The number of rotatable bonds is 4. The van der Waals surface area contributed by atoms with Crippen LogP contribution in [-0.2, 0) is 12.4 Å². The molecule has 6 rings (SSSR count). The zero-order valence-corrected chi connectivity index (χ0v) is 22.2. The predicted molar refractivity (Wildman–Crippen MR) is 149 cm³/mol. The molecule has 0 saturated heterocycles. The van der Waals surface area contributed by atoms with Gasteiger partial charge >= 0.3 is 12.4 Å². The van der Waals surface area contributed by atoms with Gasteiger partial charge in [-0.1, -0.05) is 24.3 Å². The first-order valence-electron chi connectivity index (χ1n) is 11.1. The molecule has 0 unspecified atom stereocenters. The lowest BCUT2D eigenvalue weighted by molar-refractivity contribution is -0.138. The molecule has 0 bridgehead atoms. The molecule has 0 aliphatic heterocycles. The van der Waals surface area contributed by atoms with Crippen LogP contribution in [0.15, 0.2) is 72.8 Å². The maximum atomic E-state index is 12.8. The average molecular weight is 593 g/mol. The van der Waals surface area contributed by atoms with Gasteiger partial charge in [-0.25, -0.2) is 0 Å². The molecule has 4 aromatic heterocycles. The second-order valence-corrected chi connectivity index (χ2v) is 12.9. The number of halogens is 6. The third-order valence-corrected chi connectivity index (χ3v) is 10.5. The van der Waals surface area contributed by atoms with Gasteiger partial charge in [-0.15, -0.1) is 45.3 Å². The fraction of sp³-hybridized carbons (Fsp3) is 0.0714. The second-order valence-electron chi connectivity index (χ2n) is 8.46. The molecule has 0 amide bonds. The molecule has 0 radical (unpaired) electrons. The minimum Gasteiger partial charge on any atom is -0.166 e. The van der Waals surface area contributed by atoms with E-state index in [4.69, 9.17) is 0 Å². The second kappa shape index (κ2) is 9.37. The van der Waals surface area contributed by atoms with E-state index >= 15 is 0 Å². The minimum atomic E-state index is -4.35. The maximum Gasteiger partial charge on any atom is 0.416 e. The van der Waals surface area contributed by atoms with E-state index in [0.29, 0.717) is 0 Å². The van der Waals surface area contributed by atoms with Crippen LogP contribution < -0.4 is 0 Å². The highest BCUT2D eigenvalue weighted by Gasteiger charge is 2.30. The van der Waals surface area contributed by atoms with Crippen LogP contribution in [0.25, 0.3) is 51.8 Å². The van der Waals surface area contributed by atoms with Crippen molar-refractivity contribution in [3.8, 4) is 20.9 Å². The van der Waals surface area contributed by atoms with Gasteiger partial charge in [0.1, 0.15) is 0 Å². The molecule has 0 fully saturated rings. The Balaban J connectivity index is 1.17. The zero-order chi connectivity index (χ0) is 26.7. The van der Waals surface area contributed by atoms with Crippen molar-refractivity contribution >= 4 is 76.3 Å². The largest absolute Gasteiger partial charge is 0.416 e. The Bertz CT molecular complexity index is 1580. The van der Waals surface area contributed by atoms with Gasteiger partial charge in [0.2, 0.25) is 0 Å². The summed E-state index contributed by atoms with van der Waals surface area (Å²) >= 11 is 6.34. The van der Waals surface area contributed by atoms with E-state index in [2.05, 4.69) is 12.1 Å². The quantitative estimate of drug-likeness (QED) is 0.179. The minimum absolute atomic E-state index is 0.656. The Hall–Kier alpha value is -2.92. The Kier molecular flexibility index (Phi) is 6.26. The lowest BCUT2D eigenvalue weighted by Gasteiger charge is -2.06. The van der Waals surface area contributed by atoms with Crippen LogP contribution in [0.3, 0.4) is 0 Å². The third-order valence-electron chi connectivity index (χ3n) is 5.86. The molecule has 192 valence electrons. The highest BCUT2D eigenvalue weighted by atomic mass is 32.1. The summed E-state index contributed by atoms with van der Waals surface area (Å²) in [4.78, 5) is 4.01. The number of hydrogen-bond acceptors (Lipinski definition) is 4. The van der Waals surface area contributed by atoms with Crippen LogP contribution in [-0.4, -0.2) is 0 Å². The summed E-state index contributed by atoms with van der Waals surface area (Å²) in [5.74, 6) is 0. The van der Waals surface area contributed by atoms with Crippen LogP contribution in [0.5, 0.6) is 0 Å². The third kappa shape index (κ3) is 5.05. The van der Waals surface area contributed by atoms with Gasteiger partial charge in [-0.05, 0) is 71.8 Å². The van der Waals surface area contributed by atoms with Crippen molar-refractivity contribution in [2.75, 3.05) is 0 Å². The van der Waals surface area contributed by atoms with Gasteiger partial charge in [-0.3, -0.25) is 0 Å². The molecule has 0 aliphatic rings. The molecule has 0 nitrogen and oxygen atoms in total. The van der Waals surface area contributed by atoms with Gasteiger partial charge in [-0.2, -0.15) is 26.3 Å². The van der Waals surface area contributed by atoms with Crippen molar-refractivity contribution in [1.82, 2.24) is 0 Å². The van der Waals surface area contributed by atoms with E-state index < -0.39 is 23.5 Å². The topological polar surface area (TPSA) is 0 Å². The molecule has 10 heteroatoms. The monoisotopic (exact) mass is 592 g/mol. The van der Waals surface area contributed by atoms with Gasteiger partial charge in [0.05, 0.1) is 11.1 Å². The number of benzene rings is 2. The van der Waals surface area contributed by atoms with Crippen LogP contribution >= 0.6 is 45.3 Å². The van der Waals surface area contributed by atoms with Gasteiger partial charge in [0.25, 0.3) is 0 Å². The van der Waals surface area contributed by atoms with Crippen molar-refractivity contribution in [1.29, 1.82) is 0 Å². The Morgan fingerprint density at radius 2 is 0.789 bits per heavy atom. The zero-order valence-electron chi connectivity index (χ0n) is 19.0. The standard InChI is InChI=1S/C28H14F6S4/c29-27(30,31)17-5-1-15(2-6-17)21-13-25-23(37-21)11-19(35-25)9-10-20-12-24-26(36-20)14-22(38-24)16-3-7-18(8-4-16)28(32,33)34/h1-14H/b10-9+. The lowest BCUT2D eigenvalue weighted by Crippen LogP contribution is -2.03. The summed E-state index contributed by atoms with van der Waals surface area (Å²) in [7, 11) is 0. The fourth-order valence-electron chi connectivity index (χ4n) is 3.97. The molecule has 0 aliphatic carbocycles. The number of fused-ring (bicyclic) bond motifs is 2. The maximum absolute atomic E-state index is 12.8. The van der Waals surface area contributed by atoms with Crippen molar-refractivity contribution < 1.29 is 26.3 Å². The molecular formula is C28H14F6S4. The first-order chi connectivity index (χ1) is 18.0. The molecule has 2 aromatic carbocycles. The summed E-state index contributed by atoms with van der Waals surface area (Å²) in [6.45, 7) is 0. The smallest absolute Gasteiger partial charge is 0.166 e. The molecule has 0 spiro atoms. The van der Waals surface area contributed by atoms with Crippen LogP contribution in [0, 0.1) is 0 Å². The summed E-state index contributed by atoms with van der Waals surface area (Å²) in [5, 5.41) is 0. The highest BCUT2D eigenvalue weighted by Crippen LogP contribution is 2.42. The average Bonchev–Trinajstić information content (AvgIpc) is 3.61. The fourth-order valence-corrected chi connectivity index (χ4v) is 8.60. The normalized spacial score (nSPS) is 12.9. The molecule has 0 N–H and O–H groups in total. The molecule has 0 saturated carbocycles. The Morgan fingerprint density at radius 1 is 0.447 bits per heavy atom. The molecular weight excluding hydrogens is 579 g/mol. The number of hydrogen-bond donors (Lipinski definition) is 0. The molecule has 38 heavy (non-hydrogen) atoms. The Morgan fingerprint density at radius 3 is 1.11 bits per heavy atom. The van der Waals surface area contributed by atoms with E-state index in [0.717, 1.165) is 73.7 Å². The lowest BCUT2D eigenvalue weighted by atomic mass is 10.1. The summed E-state index contributed by atoms with van der Waals surface area (Å²) in [6, 6.07) is 18.6. The highest BCUT2D eigenvalue weighted by molar-refractivity contribution is 7.30. The summed E-state index contributed by atoms with van der Waals surface area (Å²) < 4.78 is 81.3. The van der Waals surface area contributed by atoms with Crippen molar-refractivity contribution in [2.24, 2.45) is 0 Å².